The first-order valence-corrected chi connectivity index (χ1v) is 4.30. The van der Waals surface area contributed by atoms with Gasteiger partial charge in [-0.3, -0.25) is 9.59 Å². The molecule has 1 aromatic carbocycles. The van der Waals surface area contributed by atoms with E-state index in [-0.39, 0.29) is 6.29 Å². The van der Waals surface area contributed by atoms with Gasteiger partial charge in [-0.2, -0.15) is 0 Å². The molecule has 0 aliphatic heterocycles. The van der Waals surface area contributed by atoms with Crippen LogP contribution in [0.15, 0.2) is 6.07 Å². The lowest BCUT2D eigenvalue weighted by molar-refractivity contribution is -0.114. The largest absolute Gasteiger partial charge is 0.493 e. The minimum absolute atomic E-state index is 0.128. The summed E-state index contributed by atoms with van der Waals surface area (Å²) in [5.74, 6) is -3.00. The third-order valence-electron chi connectivity index (χ3n) is 1.84. The number of aldehydes is 1. The summed E-state index contributed by atoms with van der Waals surface area (Å²) in [5.41, 5.74) is -0.959. The van der Waals surface area contributed by atoms with E-state index in [1.54, 1.807) is 0 Å². The van der Waals surface area contributed by atoms with E-state index < -0.39 is 34.5 Å². The summed E-state index contributed by atoms with van der Waals surface area (Å²) in [4.78, 5) is 21.3. The van der Waals surface area contributed by atoms with Gasteiger partial charge in [0.25, 0.3) is 0 Å². The lowest BCUT2D eigenvalue weighted by atomic mass is 10.1. The van der Waals surface area contributed by atoms with Gasteiger partial charge in [-0.25, -0.2) is 8.78 Å². The fourth-order valence-corrected chi connectivity index (χ4v) is 1.22. The van der Waals surface area contributed by atoms with Crippen LogP contribution < -0.4 is 10.1 Å². The van der Waals surface area contributed by atoms with Gasteiger partial charge in [0.2, 0.25) is 5.91 Å². The van der Waals surface area contributed by atoms with Crippen LogP contribution in [0, 0.1) is 11.6 Å². The molecule has 1 aromatic rings. The molecule has 0 bridgehead atoms. The molecule has 0 saturated carbocycles. The highest BCUT2D eigenvalue weighted by Gasteiger charge is 2.19. The van der Waals surface area contributed by atoms with Crippen LogP contribution in [0.25, 0.3) is 0 Å². The molecule has 0 aromatic heterocycles. The maximum Gasteiger partial charge on any atom is 0.221 e. The third-order valence-corrected chi connectivity index (χ3v) is 1.84. The van der Waals surface area contributed by atoms with Crippen LogP contribution in [-0.4, -0.2) is 19.3 Å². The fraction of sp³-hybridized carbons (Fsp3) is 0.200. The second-order valence-corrected chi connectivity index (χ2v) is 2.97. The molecule has 6 heteroatoms. The highest BCUT2D eigenvalue weighted by atomic mass is 19.1. The Labute approximate surface area is 90.2 Å². The smallest absolute Gasteiger partial charge is 0.221 e. The van der Waals surface area contributed by atoms with Crippen molar-refractivity contribution >= 4 is 17.9 Å². The van der Waals surface area contributed by atoms with E-state index in [2.05, 4.69) is 10.1 Å². The van der Waals surface area contributed by atoms with Crippen molar-refractivity contribution in [2.45, 2.75) is 6.92 Å². The van der Waals surface area contributed by atoms with Crippen LogP contribution in [0.4, 0.5) is 14.5 Å². The molecule has 0 spiro atoms. The minimum Gasteiger partial charge on any atom is -0.493 e. The predicted octanol–water partition coefficient (Wildman–Crippen LogP) is 1.74. The molecule has 0 unspecified atom stereocenters. The lowest BCUT2D eigenvalue weighted by Gasteiger charge is -2.10. The molecular weight excluding hydrogens is 220 g/mol. The van der Waals surface area contributed by atoms with Gasteiger partial charge in [0.05, 0.1) is 18.4 Å². The van der Waals surface area contributed by atoms with E-state index in [1.807, 2.05) is 0 Å². The van der Waals surface area contributed by atoms with Gasteiger partial charge < -0.3 is 10.1 Å². The van der Waals surface area contributed by atoms with Crippen LogP contribution in [0.2, 0.25) is 0 Å². The van der Waals surface area contributed by atoms with Gasteiger partial charge in [0.15, 0.2) is 23.7 Å². The monoisotopic (exact) mass is 229 g/mol. The van der Waals surface area contributed by atoms with Crippen molar-refractivity contribution in [3.05, 3.63) is 23.3 Å². The highest BCUT2D eigenvalue weighted by Crippen LogP contribution is 2.29. The van der Waals surface area contributed by atoms with E-state index in [9.17, 15) is 18.4 Å². The summed E-state index contributed by atoms with van der Waals surface area (Å²) in [5, 5.41) is 2.07. The molecule has 16 heavy (non-hydrogen) atoms. The Morgan fingerprint density at radius 1 is 1.50 bits per heavy atom. The number of benzene rings is 1. The summed E-state index contributed by atoms with van der Waals surface area (Å²) in [7, 11) is 1.11. The number of carbonyl (C=O) groups is 2. The van der Waals surface area contributed by atoms with Crippen molar-refractivity contribution in [3.8, 4) is 5.75 Å². The first-order chi connectivity index (χ1) is 7.51. The van der Waals surface area contributed by atoms with Gasteiger partial charge in [-0.05, 0) is 0 Å². The number of ether oxygens (including phenoxy) is 1. The van der Waals surface area contributed by atoms with E-state index in [1.165, 1.54) is 0 Å². The zero-order valence-electron chi connectivity index (χ0n) is 8.64. The quantitative estimate of drug-likeness (QED) is 0.803. The number of rotatable bonds is 3. The number of carbonyl (C=O) groups excluding carboxylic acids is 2. The first-order valence-electron chi connectivity index (χ1n) is 4.30. The molecule has 4 nitrogen and oxygen atoms in total. The van der Waals surface area contributed by atoms with Crippen LogP contribution in [0.3, 0.4) is 0 Å². The maximum atomic E-state index is 13.6. The van der Waals surface area contributed by atoms with Gasteiger partial charge in [0.1, 0.15) is 0 Å². The van der Waals surface area contributed by atoms with E-state index in [0.29, 0.717) is 0 Å². The van der Waals surface area contributed by atoms with Crippen LogP contribution in [0.1, 0.15) is 17.3 Å². The molecule has 0 radical (unpaired) electrons. The van der Waals surface area contributed by atoms with Gasteiger partial charge >= 0.3 is 0 Å². The molecule has 1 N–H and O–H groups in total. The number of methoxy groups -OCH3 is 1. The fourth-order valence-electron chi connectivity index (χ4n) is 1.22. The van der Waals surface area contributed by atoms with E-state index in [4.69, 9.17) is 0 Å². The molecule has 1 rings (SSSR count). The normalized spacial score (nSPS) is 9.75. The Bertz CT molecular complexity index is 446. The maximum absolute atomic E-state index is 13.6. The first kappa shape index (κ1) is 12.1. The number of amides is 1. The SMILES string of the molecule is COc1c(F)cc(NC(C)=O)c(F)c1C=O. The molecule has 0 aliphatic carbocycles. The zero-order valence-corrected chi connectivity index (χ0v) is 8.64. The molecule has 1 amide bonds. The average Bonchev–Trinajstić information content (AvgIpc) is 2.21. The summed E-state index contributed by atoms with van der Waals surface area (Å²) < 4.78 is 31.4. The Morgan fingerprint density at radius 2 is 2.12 bits per heavy atom. The number of hydrogen-bond acceptors (Lipinski definition) is 3. The molecule has 86 valence electrons. The molecular formula is C10H9F2NO3. The van der Waals surface area contributed by atoms with Crippen LogP contribution in [0.5, 0.6) is 5.75 Å². The predicted molar refractivity (Wildman–Crippen MR) is 52.6 cm³/mol. The molecule has 0 fully saturated rings. The Hall–Kier alpha value is -1.98. The topological polar surface area (TPSA) is 55.4 Å². The van der Waals surface area contributed by atoms with Gasteiger partial charge in [-0.15, -0.1) is 0 Å². The molecule has 0 atom stereocenters. The molecule has 0 saturated heterocycles. The van der Waals surface area contributed by atoms with Crippen LogP contribution >= 0.6 is 0 Å². The Morgan fingerprint density at radius 3 is 2.56 bits per heavy atom. The van der Waals surface area contributed by atoms with E-state index >= 15 is 0 Å². The van der Waals surface area contributed by atoms with Crippen molar-refractivity contribution in [1.82, 2.24) is 0 Å². The number of nitrogens with one attached hydrogen (secondary N) is 1. The van der Waals surface area contributed by atoms with Crippen molar-refractivity contribution in [3.63, 3.8) is 0 Å². The Kier molecular flexibility index (Phi) is 3.55. The highest BCUT2D eigenvalue weighted by molar-refractivity contribution is 5.91. The van der Waals surface area contributed by atoms with E-state index in [0.717, 1.165) is 20.1 Å². The van der Waals surface area contributed by atoms with Gasteiger partial charge in [-0.1, -0.05) is 0 Å². The Balaban J connectivity index is 3.39. The number of anilines is 1. The standard InChI is InChI=1S/C10H9F2NO3/c1-5(15)13-8-3-7(11)10(16-2)6(4-14)9(8)12/h3-4H,1-2H3,(H,13,15). The van der Waals surface area contributed by atoms with Crippen LogP contribution in [-0.2, 0) is 4.79 Å². The third kappa shape index (κ3) is 2.16. The minimum atomic E-state index is -1.02. The summed E-state index contributed by atoms with van der Waals surface area (Å²) in [6.07, 6.45) is 0.128. The second-order valence-electron chi connectivity index (χ2n) is 2.97. The number of hydrogen-bond donors (Lipinski definition) is 1. The van der Waals surface area contributed by atoms with Gasteiger partial charge in [0, 0.05) is 13.0 Å². The van der Waals surface area contributed by atoms with Crippen molar-refractivity contribution < 1.29 is 23.1 Å². The zero-order chi connectivity index (χ0) is 12.3. The van der Waals surface area contributed by atoms with Crippen molar-refractivity contribution in [2.75, 3.05) is 12.4 Å². The second kappa shape index (κ2) is 4.69. The molecule has 0 heterocycles. The average molecular weight is 229 g/mol. The van der Waals surface area contributed by atoms with Crippen molar-refractivity contribution in [1.29, 1.82) is 0 Å². The summed E-state index contributed by atoms with van der Waals surface area (Å²) in [6.45, 7) is 1.14. The lowest BCUT2D eigenvalue weighted by Crippen LogP contribution is -2.10. The van der Waals surface area contributed by atoms with Crippen molar-refractivity contribution in [2.24, 2.45) is 0 Å². The summed E-state index contributed by atoms with van der Waals surface area (Å²) in [6, 6.07) is 0.753. The number of halogens is 2. The summed E-state index contributed by atoms with van der Waals surface area (Å²) >= 11 is 0. The molecule has 0 aliphatic rings.